The smallest absolute Gasteiger partial charge is 0.133 e. The molecule has 1 aromatic rings. The maximum Gasteiger partial charge on any atom is 0.133 e. The summed E-state index contributed by atoms with van der Waals surface area (Å²) in [6.07, 6.45) is 0.824. The summed E-state index contributed by atoms with van der Waals surface area (Å²) in [4.78, 5) is 0. The maximum atomic E-state index is 13.5. The Morgan fingerprint density at radius 1 is 1.24 bits per heavy atom. The quantitative estimate of drug-likeness (QED) is 0.834. The van der Waals surface area contributed by atoms with E-state index in [1.165, 1.54) is 7.11 Å². The molecule has 0 heterocycles. The van der Waals surface area contributed by atoms with Crippen molar-refractivity contribution in [2.24, 2.45) is 0 Å². The van der Waals surface area contributed by atoms with Gasteiger partial charge in [-0.2, -0.15) is 0 Å². The molecule has 0 aliphatic rings. The number of rotatable bonds is 6. The van der Waals surface area contributed by atoms with Crippen LogP contribution in [0, 0.1) is 17.5 Å². The van der Waals surface area contributed by atoms with Gasteiger partial charge in [-0.15, -0.1) is 0 Å². The highest BCUT2D eigenvalue weighted by molar-refractivity contribution is 5.24. The first kappa shape index (κ1) is 14.0. The Morgan fingerprint density at radius 3 is 2.29 bits per heavy atom. The van der Waals surface area contributed by atoms with E-state index in [1.807, 2.05) is 6.92 Å². The Labute approximate surface area is 98.8 Å². The van der Waals surface area contributed by atoms with Crippen LogP contribution in [0.25, 0.3) is 0 Å². The topological polar surface area (TPSA) is 21.3 Å². The summed E-state index contributed by atoms with van der Waals surface area (Å²) in [6.45, 7) is 2.66. The largest absolute Gasteiger partial charge is 0.383 e. The second-order valence-electron chi connectivity index (χ2n) is 3.75. The van der Waals surface area contributed by atoms with Crippen LogP contribution in [0.2, 0.25) is 0 Å². The lowest BCUT2D eigenvalue weighted by molar-refractivity contribution is 0.163. The van der Waals surface area contributed by atoms with Crippen LogP contribution in [-0.2, 0) is 4.74 Å². The van der Waals surface area contributed by atoms with Gasteiger partial charge < -0.3 is 10.1 Å². The first-order valence-corrected chi connectivity index (χ1v) is 5.46. The molecule has 0 aliphatic carbocycles. The van der Waals surface area contributed by atoms with Gasteiger partial charge in [0.2, 0.25) is 0 Å². The van der Waals surface area contributed by atoms with Gasteiger partial charge in [0.25, 0.3) is 0 Å². The van der Waals surface area contributed by atoms with Crippen molar-refractivity contribution >= 4 is 0 Å². The molecule has 1 atom stereocenters. The van der Waals surface area contributed by atoms with Crippen LogP contribution in [-0.4, -0.2) is 20.3 Å². The lowest BCUT2D eigenvalue weighted by Crippen LogP contribution is -2.27. The fourth-order valence-corrected chi connectivity index (χ4v) is 1.62. The van der Waals surface area contributed by atoms with E-state index >= 15 is 0 Å². The van der Waals surface area contributed by atoms with E-state index in [4.69, 9.17) is 4.74 Å². The van der Waals surface area contributed by atoms with E-state index in [0.29, 0.717) is 18.7 Å². The fraction of sp³-hybridized carbons (Fsp3) is 0.500. The molecule has 17 heavy (non-hydrogen) atoms. The monoisotopic (exact) mass is 247 g/mol. The Hall–Kier alpha value is -1.07. The van der Waals surface area contributed by atoms with Gasteiger partial charge in [0, 0.05) is 24.8 Å². The van der Waals surface area contributed by atoms with Crippen LogP contribution >= 0.6 is 0 Å². The van der Waals surface area contributed by atoms with Crippen molar-refractivity contribution in [2.75, 3.05) is 20.3 Å². The molecule has 1 aromatic carbocycles. The first-order valence-electron chi connectivity index (χ1n) is 5.46. The molecular weight excluding hydrogens is 231 g/mol. The summed E-state index contributed by atoms with van der Waals surface area (Å²) in [5.74, 6) is -2.71. The minimum atomic E-state index is -0.921. The summed E-state index contributed by atoms with van der Waals surface area (Å²) in [5, 5.41) is 2.96. The predicted octanol–water partition coefficient (Wildman–Crippen LogP) is 2.79. The van der Waals surface area contributed by atoms with Crippen molar-refractivity contribution < 1.29 is 17.9 Å². The number of methoxy groups -OCH3 is 1. The normalized spacial score (nSPS) is 12.8. The van der Waals surface area contributed by atoms with Gasteiger partial charge in [0.15, 0.2) is 0 Å². The van der Waals surface area contributed by atoms with E-state index in [-0.39, 0.29) is 12.2 Å². The van der Waals surface area contributed by atoms with Gasteiger partial charge in [0.1, 0.15) is 17.5 Å². The first-order chi connectivity index (χ1) is 8.10. The highest BCUT2D eigenvalue weighted by Crippen LogP contribution is 2.22. The van der Waals surface area contributed by atoms with Gasteiger partial charge in [-0.1, -0.05) is 6.92 Å². The molecule has 2 nitrogen and oxygen atoms in total. The van der Waals surface area contributed by atoms with E-state index in [2.05, 4.69) is 5.32 Å². The zero-order valence-electron chi connectivity index (χ0n) is 9.90. The molecule has 0 radical (unpaired) electrons. The van der Waals surface area contributed by atoms with E-state index in [0.717, 1.165) is 6.42 Å². The molecule has 0 aromatic heterocycles. The van der Waals surface area contributed by atoms with Gasteiger partial charge in [0.05, 0.1) is 12.6 Å². The molecule has 1 rings (SSSR count). The molecule has 0 bridgehead atoms. The molecule has 5 heteroatoms. The number of ether oxygens (including phenoxy) is 1. The summed E-state index contributed by atoms with van der Waals surface area (Å²) in [5.41, 5.74) is -0.179. The summed E-state index contributed by atoms with van der Waals surface area (Å²) in [7, 11) is 1.44. The molecule has 0 fully saturated rings. The minimum Gasteiger partial charge on any atom is -0.383 e. The number of hydrogen-bond acceptors (Lipinski definition) is 2. The summed E-state index contributed by atoms with van der Waals surface area (Å²) >= 11 is 0. The minimum absolute atomic E-state index is 0.124. The SMILES string of the molecule is CCCNC(COC)c1c(F)cc(F)cc1F. The van der Waals surface area contributed by atoms with Crippen molar-refractivity contribution in [3.63, 3.8) is 0 Å². The van der Waals surface area contributed by atoms with Crippen LogP contribution < -0.4 is 5.32 Å². The van der Waals surface area contributed by atoms with Crippen LogP contribution in [0.15, 0.2) is 12.1 Å². The fourth-order valence-electron chi connectivity index (χ4n) is 1.62. The Kier molecular flexibility index (Phi) is 5.44. The highest BCUT2D eigenvalue weighted by atomic mass is 19.1. The zero-order chi connectivity index (χ0) is 12.8. The third-order valence-electron chi connectivity index (χ3n) is 2.37. The maximum absolute atomic E-state index is 13.5. The Morgan fingerprint density at radius 2 is 1.82 bits per heavy atom. The van der Waals surface area contributed by atoms with E-state index in [1.54, 1.807) is 0 Å². The number of nitrogens with one attached hydrogen (secondary N) is 1. The molecule has 96 valence electrons. The van der Waals surface area contributed by atoms with Crippen LogP contribution in [0.3, 0.4) is 0 Å². The van der Waals surface area contributed by atoms with Gasteiger partial charge in [-0.25, -0.2) is 13.2 Å². The summed E-state index contributed by atoms with van der Waals surface area (Å²) < 4.78 is 44.8. The lowest BCUT2D eigenvalue weighted by atomic mass is 10.1. The zero-order valence-corrected chi connectivity index (χ0v) is 9.90. The molecule has 0 spiro atoms. The second-order valence-corrected chi connectivity index (χ2v) is 3.75. The molecule has 0 saturated heterocycles. The molecule has 0 amide bonds. The average molecular weight is 247 g/mol. The molecule has 1 N–H and O–H groups in total. The average Bonchev–Trinajstić information content (AvgIpc) is 2.24. The number of halogens is 3. The molecule has 0 saturated carbocycles. The van der Waals surface area contributed by atoms with E-state index < -0.39 is 23.5 Å². The number of hydrogen-bond donors (Lipinski definition) is 1. The van der Waals surface area contributed by atoms with Crippen LogP contribution in [0.1, 0.15) is 24.9 Å². The van der Waals surface area contributed by atoms with Gasteiger partial charge in [-0.05, 0) is 13.0 Å². The Bertz CT molecular complexity index is 348. The van der Waals surface area contributed by atoms with Crippen molar-refractivity contribution in [3.8, 4) is 0 Å². The Balaban J connectivity index is 3.00. The molecule has 0 aliphatic heterocycles. The van der Waals surface area contributed by atoms with Gasteiger partial charge in [-0.3, -0.25) is 0 Å². The van der Waals surface area contributed by atoms with Gasteiger partial charge >= 0.3 is 0 Å². The third kappa shape index (κ3) is 3.71. The standard InChI is InChI=1S/C12H16F3NO/c1-3-4-16-11(7-17-2)12-9(14)5-8(13)6-10(12)15/h5-6,11,16H,3-4,7H2,1-2H3. The van der Waals surface area contributed by atoms with E-state index in [9.17, 15) is 13.2 Å². The number of benzene rings is 1. The third-order valence-corrected chi connectivity index (χ3v) is 2.37. The highest BCUT2D eigenvalue weighted by Gasteiger charge is 2.20. The second kappa shape index (κ2) is 6.61. The molecule has 1 unspecified atom stereocenters. The van der Waals surface area contributed by atoms with Crippen molar-refractivity contribution in [1.29, 1.82) is 0 Å². The van der Waals surface area contributed by atoms with Crippen molar-refractivity contribution in [3.05, 3.63) is 35.1 Å². The summed E-state index contributed by atoms with van der Waals surface area (Å²) in [6, 6.07) is 0.740. The van der Waals surface area contributed by atoms with Crippen LogP contribution in [0.4, 0.5) is 13.2 Å². The van der Waals surface area contributed by atoms with Crippen molar-refractivity contribution in [2.45, 2.75) is 19.4 Å². The molecular formula is C12H16F3NO. The predicted molar refractivity (Wildman–Crippen MR) is 59.2 cm³/mol. The van der Waals surface area contributed by atoms with Crippen LogP contribution in [0.5, 0.6) is 0 Å². The lowest BCUT2D eigenvalue weighted by Gasteiger charge is -2.19. The van der Waals surface area contributed by atoms with Crippen molar-refractivity contribution in [1.82, 2.24) is 5.32 Å².